The van der Waals surface area contributed by atoms with Gasteiger partial charge in [0.15, 0.2) is 11.5 Å². The Morgan fingerprint density at radius 1 is 1.23 bits per heavy atom. The molecule has 0 radical (unpaired) electrons. The van der Waals surface area contributed by atoms with Crippen molar-refractivity contribution in [3.63, 3.8) is 0 Å². The van der Waals surface area contributed by atoms with Gasteiger partial charge in [-0.05, 0) is 18.2 Å². The lowest BCUT2D eigenvalue weighted by Crippen LogP contribution is -2.09. The molecule has 0 amide bonds. The average molecular weight is 316 g/mol. The molecule has 2 aromatic rings. The van der Waals surface area contributed by atoms with Crippen LogP contribution in [0, 0.1) is 0 Å². The first-order chi connectivity index (χ1) is 10.3. The molecule has 1 aromatic heterocycles. The number of hydrogen-bond donors (Lipinski definition) is 2. The fourth-order valence-corrected chi connectivity index (χ4v) is 1.96. The molecule has 9 heteroatoms. The summed E-state index contributed by atoms with van der Waals surface area (Å²) >= 11 is 0. The third-order valence-corrected chi connectivity index (χ3v) is 2.91. The minimum atomic E-state index is -4.62. The maximum absolute atomic E-state index is 13.0. The van der Waals surface area contributed by atoms with E-state index in [1.54, 1.807) is 0 Å². The largest absolute Gasteiger partial charge is 0.492 e. The highest BCUT2D eigenvalue weighted by Crippen LogP contribution is 2.46. The number of aromatic amines is 1. The molecule has 1 aromatic carbocycles. The lowest BCUT2D eigenvalue weighted by atomic mass is 10.1. The molecule has 0 atom stereocenters. The SMILES string of the molecule is COc1c(-c2cc(C(=O)O)[nH]n2)ccc(C(F)(F)F)c1OC. The lowest BCUT2D eigenvalue weighted by molar-refractivity contribution is -0.138. The van der Waals surface area contributed by atoms with Crippen LogP contribution in [0.2, 0.25) is 0 Å². The van der Waals surface area contributed by atoms with Crippen molar-refractivity contribution in [1.82, 2.24) is 10.2 Å². The summed E-state index contributed by atoms with van der Waals surface area (Å²) in [6.45, 7) is 0. The molecule has 0 fully saturated rings. The molecule has 0 saturated heterocycles. The third kappa shape index (κ3) is 2.69. The first-order valence-electron chi connectivity index (χ1n) is 5.90. The number of nitrogens with one attached hydrogen (secondary N) is 1. The lowest BCUT2D eigenvalue weighted by Gasteiger charge is -2.17. The summed E-state index contributed by atoms with van der Waals surface area (Å²) in [7, 11) is 2.27. The first kappa shape index (κ1) is 15.7. The normalized spacial score (nSPS) is 11.3. The molecule has 0 aliphatic carbocycles. The smallest absolute Gasteiger partial charge is 0.420 e. The van der Waals surface area contributed by atoms with Crippen LogP contribution in [0.5, 0.6) is 11.5 Å². The summed E-state index contributed by atoms with van der Waals surface area (Å²) in [6.07, 6.45) is -4.62. The number of aromatic carboxylic acids is 1. The average Bonchev–Trinajstić information content (AvgIpc) is 2.94. The fraction of sp³-hybridized carbons (Fsp3) is 0.231. The number of hydrogen-bond acceptors (Lipinski definition) is 4. The van der Waals surface area contributed by atoms with Crippen LogP contribution in [0.3, 0.4) is 0 Å². The molecule has 0 aliphatic heterocycles. The molecule has 0 spiro atoms. The number of benzene rings is 1. The van der Waals surface area contributed by atoms with Crippen molar-refractivity contribution < 1.29 is 32.5 Å². The van der Waals surface area contributed by atoms with Gasteiger partial charge in [-0.1, -0.05) is 0 Å². The number of carboxylic acids is 1. The Morgan fingerprint density at radius 2 is 1.86 bits per heavy atom. The van der Waals surface area contributed by atoms with Gasteiger partial charge in [0, 0.05) is 5.56 Å². The predicted octanol–water partition coefficient (Wildman–Crippen LogP) is 2.81. The van der Waals surface area contributed by atoms with Gasteiger partial charge in [-0.3, -0.25) is 5.10 Å². The maximum atomic E-state index is 13.0. The highest BCUT2D eigenvalue weighted by Gasteiger charge is 2.36. The number of methoxy groups -OCH3 is 2. The van der Waals surface area contributed by atoms with Crippen LogP contribution in [0.4, 0.5) is 13.2 Å². The van der Waals surface area contributed by atoms with E-state index in [0.717, 1.165) is 19.2 Å². The van der Waals surface area contributed by atoms with E-state index < -0.39 is 23.5 Å². The van der Waals surface area contributed by atoms with Crippen molar-refractivity contribution in [3.05, 3.63) is 29.5 Å². The minimum absolute atomic E-state index is 0.126. The van der Waals surface area contributed by atoms with E-state index in [0.29, 0.717) is 0 Å². The Morgan fingerprint density at radius 3 is 2.32 bits per heavy atom. The molecule has 0 aliphatic rings. The van der Waals surface area contributed by atoms with Gasteiger partial charge in [0.25, 0.3) is 0 Å². The number of H-pyrrole nitrogens is 1. The van der Waals surface area contributed by atoms with Gasteiger partial charge in [-0.15, -0.1) is 0 Å². The van der Waals surface area contributed by atoms with Gasteiger partial charge in [0.2, 0.25) is 0 Å². The van der Waals surface area contributed by atoms with Gasteiger partial charge in [-0.2, -0.15) is 18.3 Å². The van der Waals surface area contributed by atoms with E-state index in [1.165, 1.54) is 13.2 Å². The Kier molecular flexibility index (Phi) is 3.98. The van der Waals surface area contributed by atoms with Gasteiger partial charge < -0.3 is 14.6 Å². The Hall–Kier alpha value is -2.71. The van der Waals surface area contributed by atoms with E-state index in [9.17, 15) is 18.0 Å². The highest BCUT2D eigenvalue weighted by molar-refractivity contribution is 5.87. The summed E-state index contributed by atoms with van der Waals surface area (Å²) in [6, 6.07) is 3.16. The Bertz CT molecular complexity index is 710. The van der Waals surface area contributed by atoms with Crippen LogP contribution in [0.25, 0.3) is 11.3 Å². The minimum Gasteiger partial charge on any atom is -0.492 e. The van der Waals surface area contributed by atoms with Crippen LogP contribution in [0.1, 0.15) is 16.1 Å². The molecule has 6 nitrogen and oxygen atoms in total. The second-order valence-electron chi connectivity index (χ2n) is 4.20. The zero-order valence-corrected chi connectivity index (χ0v) is 11.5. The van der Waals surface area contributed by atoms with Gasteiger partial charge in [0.05, 0.1) is 19.9 Å². The van der Waals surface area contributed by atoms with Crippen molar-refractivity contribution in [3.8, 4) is 22.8 Å². The van der Waals surface area contributed by atoms with Crippen molar-refractivity contribution in [2.45, 2.75) is 6.18 Å². The topological polar surface area (TPSA) is 84.4 Å². The van der Waals surface area contributed by atoms with Crippen molar-refractivity contribution in [1.29, 1.82) is 0 Å². The van der Waals surface area contributed by atoms with Crippen molar-refractivity contribution >= 4 is 5.97 Å². The van der Waals surface area contributed by atoms with Gasteiger partial charge in [0.1, 0.15) is 11.3 Å². The standard InChI is InChI=1S/C13H11F3N2O4/c1-21-10-6(8-5-9(12(19)20)18-17-8)3-4-7(11(10)22-2)13(14,15)16/h3-5H,1-2H3,(H,17,18)(H,19,20). The molecule has 2 N–H and O–H groups in total. The van der Waals surface area contributed by atoms with E-state index >= 15 is 0 Å². The number of aromatic nitrogens is 2. The second-order valence-corrected chi connectivity index (χ2v) is 4.20. The molecule has 118 valence electrons. The number of carboxylic acid groups (broad SMARTS) is 1. The van der Waals surface area contributed by atoms with E-state index in [4.69, 9.17) is 14.6 Å². The molecular weight excluding hydrogens is 305 g/mol. The summed E-state index contributed by atoms with van der Waals surface area (Å²) in [4.78, 5) is 10.8. The molecule has 0 saturated carbocycles. The van der Waals surface area contributed by atoms with Crippen molar-refractivity contribution in [2.75, 3.05) is 14.2 Å². The number of carbonyl (C=O) groups is 1. The monoisotopic (exact) mass is 316 g/mol. The summed E-state index contributed by atoms with van der Waals surface area (Å²) < 4.78 is 48.7. The Balaban J connectivity index is 2.64. The molecule has 1 heterocycles. The number of rotatable bonds is 4. The molecular formula is C13H11F3N2O4. The third-order valence-electron chi connectivity index (χ3n) is 2.91. The number of nitrogens with zero attached hydrogens (tertiary/aromatic N) is 1. The number of ether oxygens (including phenoxy) is 2. The van der Waals surface area contributed by atoms with E-state index in [-0.39, 0.29) is 22.7 Å². The number of halogens is 3. The zero-order chi connectivity index (χ0) is 16.5. The number of alkyl halides is 3. The second kappa shape index (κ2) is 5.58. The first-order valence-corrected chi connectivity index (χ1v) is 5.90. The van der Waals surface area contributed by atoms with E-state index in [1.807, 2.05) is 0 Å². The van der Waals surface area contributed by atoms with Crippen LogP contribution in [-0.4, -0.2) is 35.5 Å². The van der Waals surface area contributed by atoms with Gasteiger partial charge >= 0.3 is 12.1 Å². The summed E-state index contributed by atoms with van der Waals surface area (Å²) in [5.41, 5.74) is -0.891. The molecule has 22 heavy (non-hydrogen) atoms. The van der Waals surface area contributed by atoms with Crippen molar-refractivity contribution in [2.24, 2.45) is 0 Å². The predicted molar refractivity (Wildman–Crippen MR) is 69.1 cm³/mol. The molecule has 0 bridgehead atoms. The molecule has 2 rings (SSSR count). The van der Waals surface area contributed by atoms with Crippen LogP contribution in [-0.2, 0) is 6.18 Å². The highest BCUT2D eigenvalue weighted by atomic mass is 19.4. The summed E-state index contributed by atoms with van der Waals surface area (Å²) in [5.74, 6) is -1.91. The Labute approximate surface area is 122 Å². The quantitative estimate of drug-likeness (QED) is 0.906. The van der Waals surface area contributed by atoms with Crippen LogP contribution in [0.15, 0.2) is 18.2 Å². The van der Waals surface area contributed by atoms with Crippen LogP contribution >= 0.6 is 0 Å². The van der Waals surface area contributed by atoms with E-state index in [2.05, 4.69) is 10.2 Å². The van der Waals surface area contributed by atoms with Crippen LogP contribution < -0.4 is 9.47 Å². The van der Waals surface area contributed by atoms with Gasteiger partial charge in [-0.25, -0.2) is 4.79 Å². The summed E-state index contributed by atoms with van der Waals surface area (Å²) in [5, 5.41) is 14.9. The molecule has 0 unspecified atom stereocenters. The fourth-order valence-electron chi connectivity index (χ4n) is 1.96. The maximum Gasteiger partial charge on any atom is 0.420 e. The zero-order valence-electron chi connectivity index (χ0n) is 11.5.